The number of carboxylic acids is 1. The number of imidazole rings is 1. The summed E-state index contributed by atoms with van der Waals surface area (Å²) in [5.74, 6) is -1.17. The number of aromatic nitrogens is 2. The Balaban J connectivity index is 2.24. The molecule has 1 unspecified atom stereocenters. The summed E-state index contributed by atoms with van der Waals surface area (Å²) in [4.78, 5) is 16.6. The summed E-state index contributed by atoms with van der Waals surface area (Å²) in [6, 6.07) is 0. The molecule has 0 saturated carbocycles. The van der Waals surface area contributed by atoms with Gasteiger partial charge in [-0.3, -0.25) is 9.20 Å². The van der Waals surface area contributed by atoms with Crippen molar-refractivity contribution in [3.05, 3.63) is 23.5 Å². The molecule has 0 radical (unpaired) electrons. The van der Waals surface area contributed by atoms with Crippen LogP contribution in [0.15, 0.2) is 17.8 Å². The van der Waals surface area contributed by atoms with Crippen LogP contribution in [0.4, 0.5) is 0 Å². The molecule has 0 aliphatic heterocycles. The summed E-state index contributed by atoms with van der Waals surface area (Å²) < 4.78 is 1.93. The number of fused-ring (bicyclic) bond motifs is 1. The molecular formula is C12H16N2O2S. The topological polar surface area (TPSA) is 54.6 Å². The van der Waals surface area contributed by atoms with Crippen molar-refractivity contribution in [3.63, 3.8) is 0 Å². The molecule has 2 aromatic heterocycles. The molecule has 0 saturated heterocycles. The number of rotatable bonds is 3. The van der Waals surface area contributed by atoms with Gasteiger partial charge in [-0.2, -0.15) is 0 Å². The standard InChI is InChI=1S/C12H16N2O2S/c1-12(2,3)9(10(15)16)6-8-7-14-4-5-17-11(14)13-8/h4-5,7,9H,6H2,1-3H3,(H,15,16). The number of thiazole rings is 1. The minimum Gasteiger partial charge on any atom is -0.481 e. The molecule has 17 heavy (non-hydrogen) atoms. The number of hydrogen-bond acceptors (Lipinski definition) is 3. The molecule has 0 spiro atoms. The first-order chi connectivity index (χ1) is 7.88. The summed E-state index contributed by atoms with van der Waals surface area (Å²) in [6.07, 6.45) is 4.32. The third kappa shape index (κ3) is 2.49. The van der Waals surface area contributed by atoms with Crippen LogP contribution in [0.25, 0.3) is 4.96 Å². The van der Waals surface area contributed by atoms with Crippen LogP contribution in [-0.2, 0) is 11.2 Å². The molecule has 2 aromatic rings. The highest BCUT2D eigenvalue weighted by Gasteiger charge is 2.31. The maximum atomic E-state index is 11.3. The molecular weight excluding hydrogens is 236 g/mol. The van der Waals surface area contributed by atoms with E-state index in [0.29, 0.717) is 6.42 Å². The zero-order chi connectivity index (χ0) is 12.6. The van der Waals surface area contributed by atoms with Crippen molar-refractivity contribution < 1.29 is 9.90 Å². The van der Waals surface area contributed by atoms with Gasteiger partial charge in [0, 0.05) is 24.2 Å². The van der Waals surface area contributed by atoms with E-state index in [1.54, 1.807) is 11.3 Å². The Hall–Kier alpha value is -1.36. The van der Waals surface area contributed by atoms with Gasteiger partial charge in [-0.15, -0.1) is 11.3 Å². The monoisotopic (exact) mass is 252 g/mol. The minimum absolute atomic E-state index is 0.261. The quantitative estimate of drug-likeness (QED) is 0.913. The average molecular weight is 252 g/mol. The molecule has 0 amide bonds. The van der Waals surface area contributed by atoms with Crippen LogP contribution in [0, 0.1) is 11.3 Å². The molecule has 0 aromatic carbocycles. The molecule has 1 atom stereocenters. The molecule has 4 nitrogen and oxygen atoms in total. The highest BCUT2D eigenvalue weighted by molar-refractivity contribution is 7.15. The number of carboxylic acid groups (broad SMARTS) is 1. The van der Waals surface area contributed by atoms with Gasteiger partial charge >= 0.3 is 5.97 Å². The van der Waals surface area contributed by atoms with Crippen LogP contribution in [-0.4, -0.2) is 20.5 Å². The predicted octanol–water partition coefficient (Wildman–Crippen LogP) is 2.69. The Morgan fingerprint density at radius 3 is 2.82 bits per heavy atom. The lowest BCUT2D eigenvalue weighted by molar-refractivity contribution is -0.145. The van der Waals surface area contributed by atoms with Crippen LogP contribution in [0.5, 0.6) is 0 Å². The van der Waals surface area contributed by atoms with E-state index >= 15 is 0 Å². The zero-order valence-electron chi connectivity index (χ0n) is 10.2. The molecule has 2 rings (SSSR count). The highest BCUT2D eigenvalue weighted by Crippen LogP contribution is 2.29. The second kappa shape index (κ2) is 4.14. The maximum absolute atomic E-state index is 11.3. The fraction of sp³-hybridized carbons (Fsp3) is 0.500. The van der Waals surface area contributed by atoms with Gasteiger partial charge in [-0.05, 0) is 5.41 Å². The summed E-state index contributed by atoms with van der Waals surface area (Å²) in [5, 5.41) is 11.2. The van der Waals surface area contributed by atoms with Crippen LogP contribution in [0.2, 0.25) is 0 Å². The molecule has 0 aliphatic carbocycles. The molecule has 2 heterocycles. The number of nitrogens with zero attached hydrogens (tertiary/aromatic N) is 2. The third-order valence-electron chi connectivity index (χ3n) is 2.90. The normalized spacial score (nSPS) is 14.1. The van der Waals surface area contributed by atoms with Crippen molar-refractivity contribution in [2.45, 2.75) is 27.2 Å². The van der Waals surface area contributed by atoms with E-state index in [1.807, 2.05) is 42.9 Å². The highest BCUT2D eigenvalue weighted by atomic mass is 32.1. The van der Waals surface area contributed by atoms with Gasteiger partial charge in [0.2, 0.25) is 0 Å². The third-order valence-corrected chi connectivity index (χ3v) is 3.67. The Labute approximate surface area is 104 Å². The van der Waals surface area contributed by atoms with E-state index < -0.39 is 11.9 Å². The van der Waals surface area contributed by atoms with Crippen molar-refractivity contribution in [1.82, 2.24) is 9.38 Å². The van der Waals surface area contributed by atoms with Crippen LogP contribution in [0.3, 0.4) is 0 Å². The first kappa shape index (κ1) is 12.1. The van der Waals surface area contributed by atoms with E-state index in [0.717, 1.165) is 10.7 Å². The Kier molecular flexibility index (Phi) is 2.95. The van der Waals surface area contributed by atoms with E-state index in [4.69, 9.17) is 0 Å². The lowest BCUT2D eigenvalue weighted by atomic mass is 9.78. The minimum atomic E-state index is -0.756. The molecule has 1 N–H and O–H groups in total. The largest absolute Gasteiger partial charge is 0.481 e. The Morgan fingerprint density at radius 2 is 2.29 bits per heavy atom. The van der Waals surface area contributed by atoms with Crippen molar-refractivity contribution in [2.24, 2.45) is 11.3 Å². The lowest BCUT2D eigenvalue weighted by Crippen LogP contribution is -2.30. The van der Waals surface area contributed by atoms with Crippen LogP contribution >= 0.6 is 11.3 Å². The van der Waals surface area contributed by atoms with E-state index in [-0.39, 0.29) is 5.41 Å². The molecule has 0 fully saturated rings. The number of carbonyl (C=O) groups is 1. The second-order valence-electron chi connectivity index (χ2n) is 5.29. The van der Waals surface area contributed by atoms with Gasteiger partial charge in [-0.25, -0.2) is 4.98 Å². The smallest absolute Gasteiger partial charge is 0.307 e. The van der Waals surface area contributed by atoms with Gasteiger partial charge in [0.05, 0.1) is 11.6 Å². The van der Waals surface area contributed by atoms with Gasteiger partial charge in [0.15, 0.2) is 4.96 Å². The predicted molar refractivity (Wildman–Crippen MR) is 67.4 cm³/mol. The van der Waals surface area contributed by atoms with Gasteiger partial charge < -0.3 is 5.11 Å². The molecule has 92 valence electrons. The SMILES string of the molecule is CC(C)(C)C(Cc1cn2ccsc2n1)C(=O)O. The first-order valence-corrected chi connectivity index (χ1v) is 6.40. The molecule has 0 aliphatic rings. The van der Waals surface area contributed by atoms with Crippen molar-refractivity contribution in [3.8, 4) is 0 Å². The van der Waals surface area contributed by atoms with Crippen LogP contribution in [0.1, 0.15) is 26.5 Å². The van der Waals surface area contributed by atoms with Crippen molar-refractivity contribution >= 4 is 22.3 Å². The first-order valence-electron chi connectivity index (χ1n) is 5.52. The van der Waals surface area contributed by atoms with Gasteiger partial charge in [-0.1, -0.05) is 20.8 Å². The summed E-state index contributed by atoms with van der Waals surface area (Å²) in [5.41, 5.74) is 0.585. The summed E-state index contributed by atoms with van der Waals surface area (Å²) in [6.45, 7) is 5.85. The van der Waals surface area contributed by atoms with Crippen LogP contribution < -0.4 is 0 Å². The Morgan fingerprint density at radius 1 is 1.59 bits per heavy atom. The van der Waals surface area contributed by atoms with E-state index in [2.05, 4.69) is 4.98 Å². The number of hydrogen-bond donors (Lipinski definition) is 1. The number of aliphatic carboxylic acids is 1. The molecule has 0 bridgehead atoms. The fourth-order valence-corrected chi connectivity index (χ4v) is 2.57. The van der Waals surface area contributed by atoms with Crippen molar-refractivity contribution in [1.29, 1.82) is 0 Å². The van der Waals surface area contributed by atoms with Crippen molar-refractivity contribution in [2.75, 3.05) is 0 Å². The second-order valence-corrected chi connectivity index (χ2v) is 6.16. The molecule has 5 heteroatoms. The summed E-state index contributed by atoms with van der Waals surface area (Å²) >= 11 is 1.56. The Bertz CT molecular complexity index is 507. The summed E-state index contributed by atoms with van der Waals surface area (Å²) in [7, 11) is 0. The van der Waals surface area contributed by atoms with Gasteiger partial charge in [0.1, 0.15) is 0 Å². The zero-order valence-corrected chi connectivity index (χ0v) is 11.0. The fourth-order valence-electron chi connectivity index (χ4n) is 1.85. The maximum Gasteiger partial charge on any atom is 0.307 e. The van der Waals surface area contributed by atoms with E-state index in [9.17, 15) is 9.90 Å². The average Bonchev–Trinajstić information content (AvgIpc) is 2.70. The lowest BCUT2D eigenvalue weighted by Gasteiger charge is -2.26. The van der Waals surface area contributed by atoms with Gasteiger partial charge in [0.25, 0.3) is 0 Å². The van der Waals surface area contributed by atoms with E-state index in [1.165, 1.54) is 0 Å².